The molecule has 1 amide bonds. The highest BCUT2D eigenvalue weighted by molar-refractivity contribution is 5.94. The molecule has 1 aromatic rings. The van der Waals surface area contributed by atoms with Gasteiger partial charge in [0.05, 0.1) is 5.41 Å². The average molecular weight is 279 g/mol. The Kier molecular flexibility index (Phi) is 5.13. The van der Waals surface area contributed by atoms with Gasteiger partial charge < -0.3 is 15.5 Å². The van der Waals surface area contributed by atoms with Gasteiger partial charge in [-0.3, -0.25) is 9.59 Å². The molecule has 0 radical (unpaired) electrons. The van der Waals surface area contributed by atoms with Crippen LogP contribution >= 0.6 is 0 Å². The molecule has 0 aliphatic rings. The van der Waals surface area contributed by atoms with Gasteiger partial charge >= 0.3 is 5.97 Å². The van der Waals surface area contributed by atoms with E-state index in [-0.39, 0.29) is 18.1 Å². The van der Waals surface area contributed by atoms with E-state index >= 15 is 0 Å². The Balaban J connectivity index is 2.83. The number of benzene rings is 1. The molecule has 0 fully saturated rings. The van der Waals surface area contributed by atoms with Gasteiger partial charge in [-0.05, 0) is 43.5 Å². The van der Waals surface area contributed by atoms with E-state index in [1.807, 2.05) is 0 Å². The van der Waals surface area contributed by atoms with Gasteiger partial charge in [0.15, 0.2) is 0 Å². The summed E-state index contributed by atoms with van der Waals surface area (Å²) in [6.07, 6.45) is 0.747. The number of rotatable bonds is 6. The molecule has 3 N–H and O–H groups in total. The Morgan fingerprint density at radius 3 is 2.30 bits per heavy atom. The quantitative estimate of drug-likeness (QED) is 0.699. The first-order valence-electron chi connectivity index (χ1n) is 6.67. The molecule has 110 valence electrons. The number of aromatic hydroxyl groups is 1. The van der Waals surface area contributed by atoms with Gasteiger partial charge in [0, 0.05) is 12.1 Å². The van der Waals surface area contributed by atoms with E-state index in [9.17, 15) is 19.8 Å². The van der Waals surface area contributed by atoms with Crippen molar-refractivity contribution in [3.8, 4) is 5.75 Å². The SMILES string of the molecule is CCC(CC)(CC(=O)Nc1ccc(O)cc1C)C(=O)O. The van der Waals surface area contributed by atoms with Crippen LogP contribution < -0.4 is 5.32 Å². The number of nitrogens with one attached hydrogen (secondary N) is 1. The molecule has 0 atom stereocenters. The predicted molar refractivity (Wildman–Crippen MR) is 76.7 cm³/mol. The molecule has 20 heavy (non-hydrogen) atoms. The number of carbonyl (C=O) groups excluding carboxylic acids is 1. The normalized spacial score (nSPS) is 11.2. The van der Waals surface area contributed by atoms with Crippen LogP contribution in [0.3, 0.4) is 0 Å². The van der Waals surface area contributed by atoms with Crippen LogP contribution in [0.4, 0.5) is 5.69 Å². The van der Waals surface area contributed by atoms with Crippen molar-refractivity contribution in [2.75, 3.05) is 5.32 Å². The van der Waals surface area contributed by atoms with Crippen LogP contribution in [0.15, 0.2) is 18.2 Å². The first-order valence-corrected chi connectivity index (χ1v) is 6.67. The molecular weight excluding hydrogens is 258 g/mol. The summed E-state index contributed by atoms with van der Waals surface area (Å²) >= 11 is 0. The number of hydrogen-bond donors (Lipinski definition) is 3. The van der Waals surface area contributed by atoms with Crippen molar-refractivity contribution < 1.29 is 19.8 Å². The fourth-order valence-electron chi connectivity index (χ4n) is 2.17. The van der Waals surface area contributed by atoms with Crippen molar-refractivity contribution in [1.82, 2.24) is 0 Å². The molecule has 0 aliphatic carbocycles. The lowest BCUT2D eigenvalue weighted by Gasteiger charge is -2.26. The first kappa shape index (κ1) is 16.0. The Morgan fingerprint density at radius 2 is 1.85 bits per heavy atom. The third kappa shape index (κ3) is 3.50. The second-order valence-corrected chi connectivity index (χ2v) is 5.02. The van der Waals surface area contributed by atoms with Crippen LogP contribution in [0.1, 0.15) is 38.7 Å². The summed E-state index contributed by atoms with van der Waals surface area (Å²) in [4.78, 5) is 23.4. The van der Waals surface area contributed by atoms with Gasteiger partial charge in [-0.15, -0.1) is 0 Å². The monoisotopic (exact) mass is 279 g/mol. The third-order valence-corrected chi connectivity index (χ3v) is 3.79. The van der Waals surface area contributed by atoms with Gasteiger partial charge in [0.25, 0.3) is 0 Å². The summed E-state index contributed by atoms with van der Waals surface area (Å²) in [6.45, 7) is 5.31. The number of anilines is 1. The fourth-order valence-corrected chi connectivity index (χ4v) is 2.17. The second kappa shape index (κ2) is 6.41. The lowest BCUT2D eigenvalue weighted by atomic mass is 9.79. The van der Waals surface area contributed by atoms with Crippen molar-refractivity contribution in [3.05, 3.63) is 23.8 Å². The predicted octanol–water partition coefficient (Wildman–Crippen LogP) is 2.92. The second-order valence-electron chi connectivity index (χ2n) is 5.02. The van der Waals surface area contributed by atoms with E-state index in [1.54, 1.807) is 32.9 Å². The fraction of sp³-hybridized carbons (Fsp3) is 0.467. The van der Waals surface area contributed by atoms with Gasteiger partial charge in [-0.1, -0.05) is 13.8 Å². The highest BCUT2D eigenvalue weighted by atomic mass is 16.4. The van der Waals surface area contributed by atoms with Crippen molar-refractivity contribution in [1.29, 1.82) is 0 Å². The molecule has 0 spiro atoms. The van der Waals surface area contributed by atoms with E-state index in [4.69, 9.17) is 0 Å². The van der Waals surface area contributed by atoms with Crippen LogP contribution in [0.25, 0.3) is 0 Å². The summed E-state index contributed by atoms with van der Waals surface area (Å²) < 4.78 is 0. The minimum Gasteiger partial charge on any atom is -0.508 e. The van der Waals surface area contributed by atoms with Crippen LogP contribution in [0, 0.1) is 12.3 Å². The summed E-state index contributed by atoms with van der Waals surface area (Å²) in [5.41, 5.74) is 0.293. The van der Waals surface area contributed by atoms with Gasteiger partial charge in [-0.25, -0.2) is 0 Å². The van der Waals surface area contributed by atoms with Gasteiger partial charge in [0.2, 0.25) is 5.91 Å². The average Bonchev–Trinajstić information content (AvgIpc) is 2.39. The molecule has 0 saturated heterocycles. The number of carbonyl (C=O) groups is 2. The molecular formula is C15H21NO4. The number of phenols is 1. The number of aryl methyl sites for hydroxylation is 1. The number of phenolic OH excluding ortho intramolecular Hbond substituents is 1. The zero-order valence-electron chi connectivity index (χ0n) is 12.1. The Labute approximate surface area is 118 Å². The zero-order chi connectivity index (χ0) is 15.3. The number of hydrogen-bond acceptors (Lipinski definition) is 3. The highest BCUT2D eigenvalue weighted by Gasteiger charge is 2.37. The van der Waals surface area contributed by atoms with Crippen molar-refractivity contribution in [3.63, 3.8) is 0 Å². The van der Waals surface area contributed by atoms with Gasteiger partial charge in [-0.2, -0.15) is 0 Å². The summed E-state index contributed by atoms with van der Waals surface area (Å²) in [6, 6.07) is 4.62. The first-order chi connectivity index (χ1) is 9.34. The van der Waals surface area contributed by atoms with E-state index in [0.29, 0.717) is 18.5 Å². The lowest BCUT2D eigenvalue weighted by Crippen LogP contribution is -2.34. The molecule has 0 heterocycles. The Bertz CT molecular complexity index is 507. The third-order valence-electron chi connectivity index (χ3n) is 3.79. The van der Waals surface area contributed by atoms with Crippen LogP contribution in [-0.2, 0) is 9.59 Å². The van der Waals surface area contributed by atoms with Crippen molar-refractivity contribution in [2.45, 2.75) is 40.0 Å². The molecule has 0 unspecified atom stereocenters. The zero-order valence-corrected chi connectivity index (χ0v) is 12.1. The Hall–Kier alpha value is -2.04. The van der Waals surface area contributed by atoms with E-state index < -0.39 is 11.4 Å². The standard InChI is InChI=1S/C15H21NO4/c1-4-15(5-2,14(19)20)9-13(18)16-12-7-6-11(17)8-10(12)3/h6-8,17H,4-5,9H2,1-3H3,(H,16,18)(H,19,20). The van der Waals surface area contributed by atoms with Crippen molar-refractivity contribution in [2.24, 2.45) is 5.41 Å². The molecule has 1 rings (SSSR count). The Morgan fingerprint density at radius 1 is 1.25 bits per heavy atom. The maximum atomic E-state index is 12.1. The van der Waals surface area contributed by atoms with Crippen molar-refractivity contribution >= 4 is 17.6 Å². The topological polar surface area (TPSA) is 86.6 Å². The molecule has 5 heteroatoms. The van der Waals surface area contributed by atoms with Crippen LogP contribution in [-0.4, -0.2) is 22.1 Å². The summed E-state index contributed by atoms with van der Waals surface area (Å²) in [5, 5.41) is 21.3. The van der Waals surface area contributed by atoms with E-state index in [1.165, 1.54) is 6.07 Å². The number of aliphatic carboxylic acids is 1. The minimum atomic E-state index is -1.02. The molecule has 0 saturated carbocycles. The minimum absolute atomic E-state index is 0.0599. The summed E-state index contributed by atoms with van der Waals surface area (Å²) in [5.74, 6) is -1.15. The van der Waals surface area contributed by atoms with E-state index in [0.717, 1.165) is 5.56 Å². The molecule has 1 aromatic carbocycles. The lowest BCUT2D eigenvalue weighted by molar-refractivity contribution is -0.151. The van der Waals surface area contributed by atoms with Gasteiger partial charge in [0.1, 0.15) is 5.75 Å². The molecule has 0 bridgehead atoms. The molecule has 0 aromatic heterocycles. The molecule has 0 aliphatic heterocycles. The smallest absolute Gasteiger partial charge is 0.310 e. The largest absolute Gasteiger partial charge is 0.508 e. The molecule has 5 nitrogen and oxygen atoms in total. The summed E-state index contributed by atoms with van der Waals surface area (Å²) in [7, 11) is 0. The number of carboxylic acids is 1. The van der Waals surface area contributed by atoms with Crippen LogP contribution in [0.2, 0.25) is 0 Å². The van der Waals surface area contributed by atoms with E-state index in [2.05, 4.69) is 5.32 Å². The highest BCUT2D eigenvalue weighted by Crippen LogP contribution is 2.31. The number of carboxylic acid groups (broad SMARTS) is 1. The maximum absolute atomic E-state index is 12.1. The number of amides is 1. The maximum Gasteiger partial charge on any atom is 0.310 e. The van der Waals surface area contributed by atoms with Crippen LogP contribution in [0.5, 0.6) is 5.75 Å².